The Morgan fingerprint density at radius 3 is 2.64 bits per heavy atom. The average molecular weight is 301 g/mol. The minimum atomic E-state index is 0.174. The smallest absolute Gasteiger partial charge is 0.242 e. The predicted octanol–water partition coefficient (Wildman–Crippen LogP) is 1.09. The number of para-hydroxylation sites is 1. The largest absolute Gasteiger partial charge is 0.395 e. The van der Waals surface area contributed by atoms with E-state index in [2.05, 4.69) is 27.7 Å². The van der Waals surface area contributed by atoms with Crippen molar-refractivity contribution in [2.45, 2.75) is 13.5 Å². The van der Waals surface area contributed by atoms with Crippen molar-refractivity contribution in [3.63, 3.8) is 0 Å². The number of hydrogen-bond acceptors (Lipinski definition) is 3. The summed E-state index contributed by atoms with van der Waals surface area (Å²) >= 11 is 0. The monoisotopic (exact) mass is 301 g/mol. The number of aliphatic hydroxyl groups excluding tert-OH is 1. The third-order valence-electron chi connectivity index (χ3n) is 4.45. The highest BCUT2D eigenvalue weighted by molar-refractivity contribution is 5.84. The molecule has 1 aromatic heterocycles. The fourth-order valence-corrected chi connectivity index (χ4v) is 3.16. The van der Waals surface area contributed by atoms with Gasteiger partial charge in [-0.05, 0) is 24.4 Å². The van der Waals surface area contributed by atoms with Gasteiger partial charge in [0.15, 0.2) is 0 Å². The summed E-state index contributed by atoms with van der Waals surface area (Å²) in [5.41, 5.74) is 2.24. The van der Waals surface area contributed by atoms with E-state index in [1.54, 1.807) is 0 Å². The minimum Gasteiger partial charge on any atom is -0.395 e. The minimum absolute atomic E-state index is 0.174. The molecule has 2 heterocycles. The van der Waals surface area contributed by atoms with Crippen LogP contribution in [0.15, 0.2) is 30.3 Å². The first-order chi connectivity index (χ1) is 10.7. The molecule has 2 aromatic rings. The van der Waals surface area contributed by atoms with Gasteiger partial charge in [0.1, 0.15) is 6.54 Å². The van der Waals surface area contributed by atoms with E-state index in [1.165, 1.54) is 5.39 Å². The van der Waals surface area contributed by atoms with Crippen LogP contribution in [0.1, 0.15) is 5.69 Å². The number of aromatic nitrogens is 1. The highest BCUT2D eigenvalue weighted by atomic mass is 16.3. The maximum Gasteiger partial charge on any atom is 0.242 e. The van der Waals surface area contributed by atoms with E-state index in [1.807, 2.05) is 24.0 Å². The van der Waals surface area contributed by atoms with Crippen LogP contribution in [-0.4, -0.2) is 64.7 Å². The Labute approximate surface area is 130 Å². The molecule has 0 unspecified atom stereocenters. The molecular formula is C17H23N3O2. The van der Waals surface area contributed by atoms with Crippen LogP contribution in [0.2, 0.25) is 0 Å². The van der Waals surface area contributed by atoms with Crippen LogP contribution < -0.4 is 0 Å². The molecule has 118 valence electrons. The Balaban J connectivity index is 1.68. The Kier molecular flexibility index (Phi) is 4.45. The van der Waals surface area contributed by atoms with Crippen molar-refractivity contribution in [1.82, 2.24) is 14.4 Å². The molecule has 0 spiro atoms. The lowest BCUT2D eigenvalue weighted by Gasteiger charge is -2.34. The quantitative estimate of drug-likeness (QED) is 0.919. The molecule has 1 aliphatic rings. The molecule has 1 N–H and O–H groups in total. The zero-order valence-corrected chi connectivity index (χ0v) is 13.0. The van der Waals surface area contributed by atoms with Crippen molar-refractivity contribution in [2.24, 2.45) is 0 Å². The van der Waals surface area contributed by atoms with E-state index in [0.29, 0.717) is 13.1 Å². The number of benzene rings is 1. The molecule has 0 bridgehead atoms. The number of piperazine rings is 1. The second-order valence-corrected chi connectivity index (χ2v) is 5.88. The van der Waals surface area contributed by atoms with Crippen LogP contribution in [0.3, 0.4) is 0 Å². The summed E-state index contributed by atoms with van der Waals surface area (Å²) in [7, 11) is 0. The summed E-state index contributed by atoms with van der Waals surface area (Å²) in [5.74, 6) is 0.174. The molecule has 1 saturated heterocycles. The first-order valence-corrected chi connectivity index (χ1v) is 7.85. The lowest BCUT2D eigenvalue weighted by atomic mass is 10.2. The first kappa shape index (κ1) is 15.1. The third kappa shape index (κ3) is 3.00. The van der Waals surface area contributed by atoms with Crippen molar-refractivity contribution in [1.29, 1.82) is 0 Å². The number of rotatable bonds is 4. The summed E-state index contributed by atoms with van der Waals surface area (Å²) in [6.07, 6.45) is 0. The molecule has 0 radical (unpaired) electrons. The summed E-state index contributed by atoms with van der Waals surface area (Å²) < 4.78 is 2.10. The Morgan fingerprint density at radius 1 is 1.18 bits per heavy atom. The summed E-state index contributed by atoms with van der Waals surface area (Å²) in [5, 5.41) is 10.2. The summed E-state index contributed by atoms with van der Waals surface area (Å²) in [6, 6.07) is 10.3. The van der Waals surface area contributed by atoms with Gasteiger partial charge in [-0.2, -0.15) is 0 Å². The second kappa shape index (κ2) is 6.50. The molecule has 1 aromatic carbocycles. The number of carbonyl (C=O) groups excluding carboxylic acids is 1. The fraction of sp³-hybridized carbons (Fsp3) is 0.471. The SMILES string of the molecule is Cc1cc2ccccc2n1CC(=O)N1CCN(CCO)CC1. The van der Waals surface area contributed by atoms with E-state index in [0.717, 1.165) is 37.4 Å². The van der Waals surface area contributed by atoms with E-state index in [9.17, 15) is 4.79 Å². The number of amides is 1. The Bertz CT molecular complexity index is 657. The number of nitrogens with zero attached hydrogens (tertiary/aromatic N) is 3. The van der Waals surface area contributed by atoms with Crippen molar-refractivity contribution >= 4 is 16.8 Å². The standard InChI is InChI=1S/C17H23N3O2/c1-14-12-15-4-2-3-5-16(15)20(14)13-17(22)19-8-6-18(7-9-19)10-11-21/h2-5,12,21H,6-11,13H2,1H3. The zero-order chi connectivity index (χ0) is 15.5. The van der Waals surface area contributed by atoms with Crippen LogP contribution >= 0.6 is 0 Å². The topological polar surface area (TPSA) is 48.7 Å². The van der Waals surface area contributed by atoms with Crippen LogP contribution in [0, 0.1) is 6.92 Å². The van der Waals surface area contributed by atoms with Crippen molar-refractivity contribution in [3.05, 3.63) is 36.0 Å². The lowest BCUT2D eigenvalue weighted by molar-refractivity contribution is -0.133. The predicted molar refractivity (Wildman–Crippen MR) is 86.8 cm³/mol. The molecule has 1 aliphatic heterocycles. The van der Waals surface area contributed by atoms with Gasteiger partial charge < -0.3 is 14.6 Å². The molecule has 22 heavy (non-hydrogen) atoms. The van der Waals surface area contributed by atoms with Crippen LogP contribution in [0.25, 0.3) is 10.9 Å². The van der Waals surface area contributed by atoms with Gasteiger partial charge in [0.05, 0.1) is 6.61 Å². The lowest BCUT2D eigenvalue weighted by Crippen LogP contribution is -2.50. The second-order valence-electron chi connectivity index (χ2n) is 5.88. The number of aliphatic hydroxyl groups is 1. The maximum atomic E-state index is 12.6. The number of hydrogen-bond donors (Lipinski definition) is 1. The van der Waals surface area contributed by atoms with Gasteiger partial charge in [0, 0.05) is 43.9 Å². The molecule has 5 heteroatoms. The van der Waals surface area contributed by atoms with Crippen LogP contribution in [0.5, 0.6) is 0 Å². The third-order valence-corrected chi connectivity index (χ3v) is 4.45. The molecule has 0 aliphatic carbocycles. The zero-order valence-electron chi connectivity index (χ0n) is 13.0. The summed E-state index contributed by atoms with van der Waals surface area (Å²) in [4.78, 5) is 16.7. The molecule has 1 amide bonds. The molecule has 5 nitrogen and oxygen atoms in total. The molecule has 3 rings (SSSR count). The van der Waals surface area contributed by atoms with Gasteiger partial charge >= 0.3 is 0 Å². The highest BCUT2D eigenvalue weighted by Crippen LogP contribution is 2.19. The molecular weight excluding hydrogens is 278 g/mol. The van der Waals surface area contributed by atoms with Gasteiger partial charge in [0.2, 0.25) is 5.91 Å². The van der Waals surface area contributed by atoms with Gasteiger partial charge in [-0.1, -0.05) is 18.2 Å². The number of aryl methyl sites for hydroxylation is 1. The Hall–Kier alpha value is -1.85. The van der Waals surface area contributed by atoms with Gasteiger partial charge in [0.25, 0.3) is 0 Å². The van der Waals surface area contributed by atoms with Crippen molar-refractivity contribution in [3.8, 4) is 0 Å². The Morgan fingerprint density at radius 2 is 1.91 bits per heavy atom. The summed E-state index contributed by atoms with van der Waals surface area (Å²) in [6.45, 7) is 6.52. The van der Waals surface area contributed by atoms with Crippen molar-refractivity contribution < 1.29 is 9.90 Å². The number of fused-ring (bicyclic) bond motifs is 1. The van der Waals surface area contributed by atoms with E-state index < -0.39 is 0 Å². The van der Waals surface area contributed by atoms with Gasteiger partial charge in [-0.15, -0.1) is 0 Å². The maximum absolute atomic E-state index is 12.6. The van der Waals surface area contributed by atoms with Crippen molar-refractivity contribution in [2.75, 3.05) is 39.3 Å². The van der Waals surface area contributed by atoms with E-state index >= 15 is 0 Å². The highest BCUT2D eigenvalue weighted by Gasteiger charge is 2.21. The van der Waals surface area contributed by atoms with Gasteiger partial charge in [-0.25, -0.2) is 0 Å². The molecule has 0 atom stereocenters. The van der Waals surface area contributed by atoms with Crippen LogP contribution in [0.4, 0.5) is 0 Å². The number of β-amino-alcohol motifs (C(OH)–C–C–N with tert-alkyl or cyclic N) is 1. The molecule has 1 fully saturated rings. The van der Waals surface area contributed by atoms with E-state index in [-0.39, 0.29) is 12.5 Å². The van der Waals surface area contributed by atoms with Crippen LogP contribution in [-0.2, 0) is 11.3 Å². The van der Waals surface area contributed by atoms with E-state index in [4.69, 9.17) is 5.11 Å². The average Bonchev–Trinajstić information content (AvgIpc) is 2.84. The molecule has 0 saturated carbocycles. The van der Waals surface area contributed by atoms with Gasteiger partial charge in [-0.3, -0.25) is 9.69 Å². The first-order valence-electron chi connectivity index (χ1n) is 7.85. The number of carbonyl (C=O) groups is 1. The fourth-order valence-electron chi connectivity index (χ4n) is 3.16. The normalized spacial score (nSPS) is 16.4.